The van der Waals surface area contributed by atoms with Crippen molar-refractivity contribution in [3.05, 3.63) is 294 Å². The lowest BCUT2D eigenvalue weighted by Gasteiger charge is -2.37. The first-order chi connectivity index (χ1) is 62.5. The van der Waals surface area contributed by atoms with Gasteiger partial charge in [-0.05, 0) is 224 Å². The molecule has 22 rings (SSSR count). The molecule has 4 atom stereocenters. The molecule has 13 aromatic rings. The molecule has 0 radical (unpaired) electrons. The van der Waals surface area contributed by atoms with Gasteiger partial charge in [0.2, 0.25) is 0 Å². The number of fused-ring (bicyclic) bond motifs is 4. The van der Waals surface area contributed by atoms with E-state index in [0.717, 1.165) is 227 Å². The third-order valence-corrected chi connectivity index (χ3v) is 28.5. The van der Waals surface area contributed by atoms with Crippen molar-refractivity contribution in [2.75, 3.05) is 154 Å². The fourth-order valence-electron chi connectivity index (χ4n) is 19.6. The summed E-state index contributed by atoms with van der Waals surface area (Å²) in [7, 11) is -0.739. The fourth-order valence-corrected chi connectivity index (χ4v) is 20.8. The molecule has 8 aliphatic heterocycles. The summed E-state index contributed by atoms with van der Waals surface area (Å²) in [5.74, 6) is 0.486. The topological polar surface area (TPSA) is 253 Å². The van der Waals surface area contributed by atoms with Gasteiger partial charge in [0.15, 0.2) is 9.84 Å². The summed E-state index contributed by atoms with van der Waals surface area (Å²) >= 11 is 0. The number of hydrogen-bond donors (Lipinski definition) is 4. The summed E-state index contributed by atoms with van der Waals surface area (Å²) in [4.78, 5) is 106. The molecule has 4 saturated heterocycles. The first-order valence-electron chi connectivity index (χ1n) is 45.2. The number of hydrogen-bond acceptors (Lipinski definition) is 17. The maximum absolute atomic E-state index is 13.1. The van der Waals surface area contributed by atoms with Crippen LogP contribution in [0.25, 0.3) is 44.1 Å². The van der Waals surface area contributed by atoms with Crippen LogP contribution in [-0.4, -0.2) is 198 Å². The van der Waals surface area contributed by atoms with Crippen molar-refractivity contribution in [1.29, 1.82) is 0 Å². The van der Waals surface area contributed by atoms with E-state index in [1.165, 1.54) is 35.6 Å². The first-order valence-corrected chi connectivity index (χ1v) is 47.0. The Labute approximate surface area is 746 Å². The van der Waals surface area contributed by atoms with Crippen LogP contribution in [0.2, 0.25) is 0 Å². The molecule has 128 heavy (non-hydrogen) atoms. The third kappa shape index (κ3) is 17.4. The van der Waals surface area contributed by atoms with Crippen LogP contribution in [0.1, 0.15) is 113 Å². The molecule has 25 nitrogen and oxygen atoms in total. The van der Waals surface area contributed by atoms with E-state index in [4.69, 9.17) is 0 Å². The Morgan fingerprint density at radius 2 is 0.555 bits per heavy atom. The van der Waals surface area contributed by atoms with Crippen LogP contribution < -0.4 is 44.1 Å². The second-order valence-corrected chi connectivity index (χ2v) is 36.8. The molecule has 4 aromatic heterocycles. The van der Waals surface area contributed by atoms with Crippen LogP contribution in [0.15, 0.2) is 272 Å². The summed E-state index contributed by atoms with van der Waals surface area (Å²) in [5, 5.41) is 0. The molecular formula is C102H109N19O6S. The smallest absolute Gasteiger partial charge is 0.251 e. The number of carbonyl (C=O) groups is 4. The Bertz CT molecular complexity index is 6460. The average molecular weight is 1730 g/mol. The number of H-pyrrole nitrogens is 4. The standard InChI is InChI=1S/C29H29N5O.C26H29N5O.C24H27N5O.C23H24N4O3S/c1-2-21-18-28(35)34(25-12-13-26-27(19-25)31-20-30-26)29(21)22-8-10-24(11-9-22)33-16-14-32(15-17-33)23-6-4-3-5-7-23;1-2-18-15-25(32)31(22-9-10-23-24(16-22)28-17-27-23)26(18)19-3-5-20(6-4-19)29-11-13-30(14-12-29)21-7-8-21;1-3-17-14-23(30)29(20-8-9-21-22(15-20)26-16-25-21)24(17)18-4-6-19(7-5-18)28-12-10-27(2)11-13-28;1-2-16-13-22(28)27(19-7-8-20-21(14-19)25-15-24-20)23(16)17-3-5-18(6-4-17)26-9-11-31(29,30)12-10-26/h3-13,18-20,29H,2,14-17H2,1H3,(H,30,31);3-6,9-10,15-17,21,26H,2,7-8,11-14H2,1H3,(H,27,28);4-9,14-16,24H,3,10-13H2,1-2H3,(H,25,26);3-8,13-15,23H,2,9-12H2,1H3,(H,24,25). The van der Waals surface area contributed by atoms with Crippen LogP contribution >= 0.6 is 0 Å². The Balaban J connectivity index is 0.000000111. The Morgan fingerprint density at radius 3 is 0.828 bits per heavy atom. The van der Waals surface area contributed by atoms with Gasteiger partial charge in [0.1, 0.15) is 0 Å². The predicted octanol–water partition coefficient (Wildman–Crippen LogP) is 16.5. The lowest BCUT2D eigenvalue weighted by Crippen LogP contribution is -2.47. The van der Waals surface area contributed by atoms with Gasteiger partial charge in [-0.15, -0.1) is 0 Å². The second kappa shape index (κ2) is 36.5. The number of nitrogens with one attached hydrogen (secondary N) is 4. The van der Waals surface area contributed by atoms with Crippen molar-refractivity contribution < 1.29 is 27.6 Å². The second-order valence-electron chi connectivity index (χ2n) is 34.5. The summed E-state index contributed by atoms with van der Waals surface area (Å²) in [6.45, 7) is 22.2. The van der Waals surface area contributed by atoms with Gasteiger partial charge in [0.25, 0.3) is 23.6 Å². The number of amides is 4. The zero-order chi connectivity index (χ0) is 87.7. The van der Waals surface area contributed by atoms with Crippen molar-refractivity contribution in [2.45, 2.75) is 96.4 Å². The van der Waals surface area contributed by atoms with E-state index in [0.29, 0.717) is 13.1 Å². The van der Waals surface area contributed by atoms with E-state index >= 15 is 0 Å². The van der Waals surface area contributed by atoms with Crippen molar-refractivity contribution in [3.63, 3.8) is 0 Å². The van der Waals surface area contributed by atoms with Gasteiger partial charge in [0, 0.05) is 173 Å². The van der Waals surface area contributed by atoms with Crippen LogP contribution in [0.3, 0.4) is 0 Å². The maximum Gasteiger partial charge on any atom is 0.251 e. The van der Waals surface area contributed by atoms with E-state index in [9.17, 15) is 27.6 Å². The molecule has 4 unspecified atom stereocenters. The van der Waals surface area contributed by atoms with Gasteiger partial charge in [-0.3, -0.25) is 43.7 Å². The van der Waals surface area contributed by atoms with Gasteiger partial charge in [0.05, 0.1) is 105 Å². The lowest BCUT2D eigenvalue weighted by molar-refractivity contribution is -0.114. The molecule has 0 bridgehead atoms. The minimum Gasteiger partial charge on any atom is -0.369 e. The SMILES string of the molecule is CCC1=CC(=O)N(c2ccc3nc[nH]c3c2)C1c1ccc(N2CCN(C)CC2)cc1.CCC1=CC(=O)N(c2ccc3nc[nH]c3c2)C1c1ccc(N2CCN(C3CC3)CC2)cc1.CCC1=CC(=O)N(c2ccc3nc[nH]c3c2)C1c1ccc(N2CCN(c3ccccc3)CC2)cc1.CCC1=CC(=O)N(c2ccc3nc[nH]c3c2)C1c1ccc(N2CCS(=O)(=O)CC2)cc1. The zero-order valence-corrected chi connectivity index (χ0v) is 74.0. The molecule has 654 valence electrons. The predicted molar refractivity (Wildman–Crippen MR) is 513 cm³/mol. The Hall–Kier alpha value is -13.4. The third-order valence-electron chi connectivity index (χ3n) is 26.9. The summed E-state index contributed by atoms with van der Waals surface area (Å²) in [5.41, 5.74) is 25.9. The van der Waals surface area contributed by atoms with Crippen molar-refractivity contribution >= 4 is 129 Å². The first kappa shape index (κ1) is 84.1. The number of aromatic nitrogens is 8. The zero-order valence-electron chi connectivity index (χ0n) is 73.2. The quantitative estimate of drug-likeness (QED) is 0.0623. The van der Waals surface area contributed by atoms with Crippen LogP contribution in [0.5, 0.6) is 0 Å². The average Bonchev–Trinajstić information content (AvgIpc) is 1.69. The van der Waals surface area contributed by atoms with Crippen molar-refractivity contribution in [1.82, 2.24) is 49.7 Å². The highest BCUT2D eigenvalue weighted by Crippen LogP contribution is 2.46. The van der Waals surface area contributed by atoms with Crippen LogP contribution in [-0.2, 0) is 29.0 Å². The van der Waals surface area contributed by atoms with E-state index in [1.807, 2.05) is 123 Å². The van der Waals surface area contributed by atoms with Crippen LogP contribution in [0, 0.1) is 0 Å². The van der Waals surface area contributed by atoms with Gasteiger partial charge >= 0.3 is 0 Å². The number of nitrogens with zero attached hydrogens (tertiary/aromatic N) is 15. The highest BCUT2D eigenvalue weighted by atomic mass is 32.2. The summed E-state index contributed by atoms with van der Waals surface area (Å²) in [6.07, 6.45) is 20.0. The monoisotopic (exact) mass is 1730 g/mol. The molecule has 9 aliphatic rings. The highest BCUT2D eigenvalue weighted by Gasteiger charge is 2.40. The minimum atomic E-state index is -2.91. The van der Waals surface area contributed by atoms with E-state index in [1.54, 1.807) is 43.5 Å². The summed E-state index contributed by atoms with van der Waals surface area (Å²) < 4.78 is 23.4. The molecule has 0 spiro atoms. The van der Waals surface area contributed by atoms with Gasteiger partial charge in [-0.25, -0.2) is 28.4 Å². The van der Waals surface area contributed by atoms with Gasteiger partial charge in [-0.1, -0.05) is 94.4 Å². The fraction of sp³-hybridized carbons (Fsp3) is 0.314. The molecule has 4 N–H and O–H groups in total. The highest BCUT2D eigenvalue weighted by molar-refractivity contribution is 7.91. The molecule has 5 fully saturated rings. The molecule has 1 aliphatic carbocycles. The number of anilines is 9. The molecular weight excluding hydrogens is 1620 g/mol. The van der Waals surface area contributed by atoms with Gasteiger partial charge < -0.3 is 49.3 Å². The number of imidazole rings is 4. The molecule has 1 saturated carbocycles. The number of benzene rings is 9. The van der Waals surface area contributed by atoms with Crippen LogP contribution in [0.4, 0.5) is 51.2 Å². The Kier molecular flexibility index (Phi) is 24.0. The molecule has 4 amide bonds. The minimum absolute atomic E-state index is 0.0222. The Morgan fingerprint density at radius 1 is 0.305 bits per heavy atom. The molecule has 9 aromatic carbocycles. The number of rotatable bonds is 18. The number of sulfone groups is 1. The molecule has 26 heteroatoms. The largest absolute Gasteiger partial charge is 0.369 e. The normalized spacial score (nSPS) is 20.4. The van der Waals surface area contributed by atoms with Crippen molar-refractivity contribution in [2.24, 2.45) is 0 Å². The number of piperazine rings is 3. The number of carbonyl (C=O) groups excluding carboxylic acids is 4. The number of aromatic amines is 4. The maximum atomic E-state index is 13.1. The van der Waals surface area contributed by atoms with Crippen molar-refractivity contribution in [3.8, 4) is 0 Å². The van der Waals surface area contributed by atoms with Gasteiger partial charge in [-0.2, -0.15) is 0 Å². The summed E-state index contributed by atoms with van der Waals surface area (Å²) in [6, 6.07) is 69.4. The number of likely N-dealkylation sites (N-methyl/N-ethyl adjacent to an activating group) is 1. The lowest BCUT2D eigenvalue weighted by atomic mass is 9.97. The molecule has 12 heterocycles. The van der Waals surface area contributed by atoms with E-state index in [-0.39, 0.29) is 59.3 Å². The number of para-hydroxylation sites is 1. The van der Waals surface area contributed by atoms with E-state index < -0.39 is 9.84 Å². The van der Waals surface area contributed by atoms with E-state index in [2.05, 4.69) is 212 Å².